The minimum atomic E-state index is -4.88. The van der Waals surface area contributed by atoms with E-state index in [1.54, 1.807) is 32.0 Å². The molecule has 2 amide bonds. The molecule has 0 saturated heterocycles. The average Bonchev–Trinajstić information content (AvgIpc) is 2.78. The summed E-state index contributed by atoms with van der Waals surface area (Å²) in [4.78, 5) is 36.4. The molecule has 0 saturated carbocycles. The van der Waals surface area contributed by atoms with Gasteiger partial charge in [-0.2, -0.15) is 0 Å². The van der Waals surface area contributed by atoms with Gasteiger partial charge in [-0.05, 0) is 54.8 Å². The summed E-state index contributed by atoms with van der Waals surface area (Å²) in [5.41, 5.74) is 0.836. The Labute approximate surface area is 266 Å². The van der Waals surface area contributed by atoms with E-state index in [9.17, 15) is 37.8 Å². The summed E-state index contributed by atoms with van der Waals surface area (Å²) in [6.45, 7) is 3.22. The summed E-state index contributed by atoms with van der Waals surface area (Å²) in [6, 6.07) is 8.95. The molecule has 0 spiro atoms. The van der Waals surface area contributed by atoms with Gasteiger partial charge in [-0.3, -0.25) is 4.79 Å². The number of aliphatic carboxylic acids is 1. The van der Waals surface area contributed by atoms with Gasteiger partial charge in [0.1, 0.15) is 11.4 Å². The molecule has 0 bridgehead atoms. The molecule has 0 unspecified atom stereocenters. The number of anilines is 1. The topological polar surface area (TPSA) is 136 Å². The molecule has 1 aromatic heterocycles. The molecule has 2 aromatic carbocycles. The van der Waals surface area contributed by atoms with Crippen molar-refractivity contribution >= 4 is 17.7 Å². The van der Waals surface area contributed by atoms with E-state index < -0.39 is 53.6 Å². The minimum Gasteiger partial charge on any atom is -0.871 e. The van der Waals surface area contributed by atoms with Crippen molar-refractivity contribution in [1.82, 2.24) is 9.88 Å². The number of urea groups is 1. The third-order valence-corrected chi connectivity index (χ3v) is 5.45. The fourth-order valence-electron chi connectivity index (χ4n) is 3.69. The van der Waals surface area contributed by atoms with Crippen LogP contribution >= 0.6 is 0 Å². The number of halogens is 3. The van der Waals surface area contributed by atoms with Crippen molar-refractivity contribution in [2.45, 2.75) is 32.7 Å². The van der Waals surface area contributed by atoms with E-state index in [1.165, 1.54) is 35.9 Å². The Bertz CT molecular complexity index is 1410. The maximum Gasteiger partial charge on any atom is 1.00 e. The normalized spacial score (nSPS) is 11.4. The number of ether oxygens (including phenoxy) is 1. The Balaban J connectivity index is 0.00000380. The molecule has 0 radical (unpaired) electrons. The molecule has 39 heavy (non-hydrogen) atoms. The number of hydrogen-bond acceptors (Lipinski definition) is 6. The van der Waals surface area contributed by atoms with Crippen molar-refractivity contribution in [1.29, 1.82) is 0 Å². The Hall–Kier alpha value is -2.48. The van der Waals surface area contributed by atoms with Crippen molar-refractivity contribution < 1.29 is 96.8 Å². The maximum absolute atomic E-state index is 12.7. The number of aromatic nitrogens is 1. The number of rotatable bonds is 7. The second kappa shape index (κ2) is 14.2. The second-order valence-corrected chi connectivity index (χ2v) is 8.32. The van der Waals surface area contributed by atoms with Gasteiger partial charge in [-0.1, -0.05) is 35.6 Å². The minimum absolute atomic E-state index is 0. The fourth-order valence-corrected chi connectivity index (χ4v) is 3.69. The number of carbonyl (C=O) groups excluding carboxylic acids is 2. The van der Waals surface area contributed by atoms with Crippen LogP contribution in [0.15, 0.2) is 53.3 Å². The van der Waals surface area contributed by atoms with Crippen LogP contribution in [0.4, 0.5) is 23.7 Å². The third kappa shape index (κ3) is 9.59. The first kappa shape index (κ1) is 34.5. The monoisotopic (exact) mass is 563 g/mol. The summed E-state index contributed by atoms with van der Waals surface area (Å²) in [6.07, 6.45) is -5.54. The Morgan fingerprint density at radius 1 is 1.05 bits per heavy atom. The van der Waals surface area contributed by atoms with E-state index >= 15 is 0 Å². The van der Waals surface area contributed by atoms with Crippen LogP contribution in [0, 0.1) is 13.8 Å². The summed E-state index contributed by atoms with van der Waals surface area (Å²) in [5.74, 6) is -2.65. The molecule has 14 heteroatoms. The van der Waals surface area contributed by atoms with Gasteiger partial charge in [-0.15, -0.1) is 13.2 Å². The van der Waals surface area contributed by atoms with Crippen molar-refractivity contribution in [2.24, 2.45) is 7.05 Å². The Kier molecular flexibility index (Phi) is 12.6. The third-order valence-electron chi connectivity index (χ3n) is 5.45. The second-order valence-electron chi connectivity index (χ2n) is 8.32. The van der Waals surface area contributed by atoms with Gasteiger partial charge in [0.2, 0.25) is 0 Å². The molecule has 2 N–H and O–H groups in total. The number of hydrogen-bond donors (Lipinski definition) is 2. The molecule has 196 valence electrons. The molecule has 1 heterocycles. The standard InChI is InChI=1S/C25H24F3N3O6.2Na/c1-13-7-16(15-5-4-6-18(11-15)37-25(26,27)28)10-17(8-13)19(12-21(33)34)29-24(36)30-22-20(32)9-14(2)31(3)23(22)35;;/h4-11,19,32H,12H2,1-3H3,(H,33,34)(H2,29,30,36);;/q;2*+1/p-2/t19-;;/m0../s1. The van der Waals surface area contributed by atoms with Gasteiger partial charge in [0.15, 0.2) is 0 Å². The van der Waals surface area contributed by atoms with E-state index in [2.05, 4.69) is 15.4 Å². The molecule has 3 aromatic rings. The number of carbonyl (C=O) groups is 2. The van der Waals surface area contributed by atoms with Gasteiger partial charge >= 0.3 is 71.5 Å². The van der Waals surface area contributed by atoms with E-state index in [-0.39, 0.29) is 59.1 Å². The van der Waals surface area contributed by atoms with Crippen LogP contribution in [0.25, 0.3) is 11.1 Å². The number of alkyl halides is 3. The summed E-state index contributed by atoms with van der Waals surface area (Å²) >= 11 is 0. The van der Waals surface area contributed by atoms with Gasteiger partial charge in [0, 0.05) is 25.1 Å². The molecule has 1 atom stereocenters. The van der Waals surface area contributed by atoms with E-state index in [1.807, 2.05) is 0 Å². The summed E-state index contributed by atoms with van der Waals surface area (Å²) < 4.78 is 43.0. The first-order valence-electron chi connectivity index (χ1n) is 10.9. The first-order valence-corrected chi connectivity index (χ1v) is 10.9. The Morgan fingerprint density at radius 2 is 1.72 bits per heavy atom. The quantitative estimate of drug-likeness (QED) is 0.289. The van der Waals surface area contributed by atoms with Crippen molar-refractivity contribution in [3.63, 3.8) is 0 Å². The number of nitrogens with zero attached hydrogens (tertiary/aromatic N) is 1. The predicted octanol–water partition coefficient (Wildman–Crippen LogP) is -3.35. The van der Waals surface area contributed by atoms with Crippen LogP contribution in [0.2, 0.25) is 0 Å². The molecule has 9 nitrogen and oxygen atoms in total. The van der Waals surface area contributed by atoms with E-state index in [0.717, 1.165) is 6.07 Å². The molecular formula is C25H22F3N3Na2O6. The van der Waals surface area contributed by atoms with Crippen LogP contribution in [-0.2, 0) is 11.8 Å². The predicted molar refractivity (Wildman–Crippen MR) is 124 cm³/mol. The SMILES string of the molecule is Cc1cc(-c2cccc(OC(F)(F)F)c2)cc([C@H](CC(=O)[O-])NC(=O)Nc2c([O-])cc(C)n(C)c2=O)c1.[Na+].[Na+]. The van der Waals surface area contributed by atoms with Gasteiger partial charge < -0.3 is 34.9 Å². The molecule has 0 aliphatic heterocycles. The molecular weight excluding hydrogens is 541 g/mol. The molecule has 3 rings (SSSR count). The van der Waals surface area contributed by atoms with Crippen molar-refractivity contribution in [3.05, 3.63) is 75.7 Å². The zero-order valence-corrected chi connectivity index (χ0v) is 25.9. The van der Waals surface area contributed by atoms with Crippen LogP contribution in [0.1, 0.15) is 29.3 Å². The van der Waals surface area contributed by atoms with Gasteiger partial charge in [0.25, 0.3) is 5.56 Å². The van der Waals surface area contributed by atoms with E-state index in [0.29, 0.717) is 27.9 Å². The van der Waals surface area contributed by atoms with Crippen molar-refractivity contribution in [2.75, 3.05) is 5.32 Å². The number of aryl methyl sites for hydroxylation is 2. The number of amides is 2. The van der Waals surface area contributed by atoms with Crippen LogP contribution in [0.5, 0.6) is 11.5 Å². The maximum atomic E-state index is 12.7. The Morgan fingerprint density at radius 3 is 2.33 bits per heavy atom. The van der Waals surface area contributed by atoms with Gasteiger partial charge in [0.05, 0.1) is 6.04 Å². The number of carboxylic acid groups (broad SMARTS) is 1. The molecule has 0 aliphatic rings. The van der Waals surface area contributed by atoms with Crippen molar-refractivity contribution in [3.8, 4) is 22.6 Å². The van der Waals surface area contributed by atoms with Crippen LogP contribution in [-0.4, -0.2) is 22.9 Å². The average molecular weight is 563 g/mol. The number of nitrogens with one attached hydrogen (secondary N) is 2. The summed E-state index contributed by atoms with van der Waals surface area (Å²) in [5, 5.41) is 28.2. The van der Waals surface area contributed by atoms with Gasteiger partial charge in [-0.25, -0.2) is 4.79 Å². The van der Waals surface area contributed by atoms with Crippen LogP contribution in [0.3, 0.4) is 0 Å². The zero-order chi connectivity index (χ0) is 27.5. The van der Waals surface area contributed by atoms with Crippen LogP contribution < -0.4 is 90.3 Å². The first-order chi connectivity index (χ1) is 17.2. The summed E-state index contributed by atoms with van der Waals surface area (Å²) in [7, 11) is 1.42. The zero-order valence-electron chi connectivity index (χ0n) is 21.9. The smallest absolute Gasteiger partial charge is 0.871 e. The number of carboxylic acids is 1. The number of pyridine rings is 1. The largest absolute Gasteiger partial charge is 1.00 e. The number of benzene rings is 2. The molecule has 0 aliphatic carbocycles. The molecule has 0 fully saturated rings. The fraction of sp³-hybridized carbons (Fsp3) is 0.240. The van der Waals surface area contributed by atoms with E-state index in [4.69, 9.17) is 0 Å².